The van der Waals surface area contributed by atoms with Crippen molar-refractivity contribution in [3.8, 4) is 16.9 Å². The van der Waals surface area contributed by atoms with Crippen LogP contribution in [-0.2, 0) is 6.18 Å². The van der Waals surface area contributed by atoms with E-state index in [9.17, 15) is 18.0 Å². The maximum atomic E-state index is 12.6. The van der Waals surface area contributed by atoms with E-state index in [1.54, 1.807) is 32.0 Å². The largest absolute Gasteiger partial charge is 0.490 e. The van der Waals surface area contributed by atoms with Crippen molar-refractivity contribution in [3.63, 3.8) is 0 Å². The molecule has 3 nitrogen and oxygen atoms in total. The van der Waals surface area contributed by atoms with Crippen molar-refractivity contribution < 1.29 is 22.7 Å². The van der Waals surface area contributed by atoms with E-state index in [4.69, 9.17) is 4.74 Å². The third-order valence-corrected chi connectivity index (χ3v) is 2.89. The Kier molecular flexibility index (Phi) is 4.49. The zero-order chi connectivity index (χ0) is 16.3. The van der Waals surface area contributed by atoms with Gasteiger partial charge >= 0.3 is 6.18 Å². The monoisotopic (exact) mass is 309 g/mol. The minimum Gasteiger partial charge on any atom is -0.490 e. The molecule has 0 bridgehead atoms. The van der Waals surface area contributed by atoms with Crippen LogP contribution in [-0.4, -0.2) is 17.4 Å². The number of nitrogens with zero attached hydrogens (tertiary/aromatic N) is 1. The molecular weight excluding hydrogens is 295 g/mol. The van der Waals surface area contributed by atoms with E-state index in [0.717, 1.165) is 12.3 Å². The summed E-state index contributed by atoms with van der Waals surface area (Å²) in [5.74, 6) is 0.342. The molecule has 2 aromatic rings. The van der Waals surface area contributed by atoms with Gasteiger partial charge in [0.05, 0.1) is 11.7 Å². The fourth-order valence-corrected chi connectivity index (χ4v) is 1.96. The second kappa shape index (κ2) is 6.17. The molecule has 116 valence electrons. The molecule has 0 unspecified atom stereocenters. The first-order chi connectivity index (χ1) is 10.3. The lowest BCUT2D eigenvalue weighted by molar-refractivity contribution is -0.141. The molecule has 0 saturated heterocycles. The lowest BCUT2D eigenvalue weighted by atomic mass is 10.0. The van der Waals surface area contributed by atoms with E-state index in [0.29, 0.717) is 28.7 Å². The first-order valence-electron chi connectivity index (χ1n) is 6.61. The maximum absolute atomic E-state index is 12.6. The smallest absolute Gasteiger partial charge is 0.433 e. The molecule has 0 spiro atoms. The fourth-order valence-electron chi connectivity index (χ4n) is 1.96. The number of hydrogen-bond donors (Lipinski definition) is 0. The number of carbonyl (C=O) groups is 1. The van der Waals surface area contributed by atoms with E-state index in [1.165, 1.54) is 6.07 Å². The van der Waals surface area contributed by atoms with Crippen LogP contribution in [0.25, 0.3) is 11.1 Å². The Morgan fingerprint density at radius 3 is 2.41 bits per heavy atom. The van der Waals surface area contributed by atoms with Crippen molar-refractivity contribution in [2.75, 3.05) is 0 Å². The van der Waals surface area contributed by atoms with Crippen LogP contribution in [0.2, 0.25) is 0 Å². The van der Waals surface area contributed by atoms with Crippen molar-refractivity contribution in [3.05, 3.63) is 47.8 Å². The number of pyridine rings is 1. The number of carbonyl (C=O) groups excluding carboxylic acids is 1. The molecule has 2 rings (SSSR count). The number of halogens is 3. The molecule has 22 heavy (non-hydrogen) atoms. The summed E-state index contributed by atoms with van der Waals surface area (Å²) in [5, 5.41) is 0. The van der Waals surface area contributed by atoms with Crippen LogP contribution in [0.15, 0.2) is 36.5 Å². The molecule has 0 fully saturated rings. The number of benzene rings is 1. The van der Waals surface area contributed by atoms with Crippen molar-refractivity contribution in [2.45, 2.75) is 26.1 Å². The minimum atomic E-state index is -4.49. The molecular formula is C16H14F3NO2. The van der Waals surface area contributed by atoms with Gasteiger partial charge in [0.2, 0.25) is 0 Å². The number of ether oxygens (including phenoxy) is 1. The van der Waals surface area contributed by atoms with Gasteiger partial charge in [-0.2, -0.15) is 13.2 Å². The average molecular weight is 309 g/mol. The van der Waals surface area contributed by atoms with Gasteiger partial charge in [0.25, 0.3) is 0 Å². The zero-order valence-electron chi connectivity index (χ0n) is 12.0. The Morgan fingerprint density at radius 1 is 1.18 bits per heavy atom. The van der Waals surface area contributed by atoms with Crippen LogP contribution in [0.4, 0.5) is 13.2 Å². The summed E-state index contributed by atoms with van der Waals surface area (Å²) < 4.78 is 43.3. The molecule has 0 radical (unpaired) electrons. The SMILES string of the molecule is CC(C)Oc1c(C=O)cccc1-c1ccc(C(F)(F)F)nc1. The van der Waals surface area contributed by atoms with Gasteiger partial charge < -0.3 is 4.74 Å². The normalized spacial score (nSPS) is 11.5. The molecule has 0 aliphatic rings. The fraction of sp³-hybridized carbons (Fsp3) is 0.250. The van der Waals surface area contributed by atoms with Gasteiger partial charge in [0.15, 0.2) is 6.29 Å². The first-order valence-corrected chi connectivity index (χ1v) is 6.61. The molecule has 6 heteroatoms. The highest BCUT2D eigenvalue weighted by atomic mass is 19.4. The highest BCUT2D eigenvalue weighted by Crippen LogP contribution is 2.34. The van der Waals surface area contributed by atoms with Crippen LogP contribution in [0.1, 0.15) is 29.9 Å². The topological polar surface area (TPSA) is 39.2 Å². The van der Waals surface area contributed by atoms with Crippen LogP contribution >= 0.6 is 0 Å². The van der Waals surface area contributed by atoms with E-state index < -0.39 is 11.9 Å². The van der Waals surface area contributed by atoms with Crippen molar-refractivity contribution in [1.82, 2.24) is 4.98 Å². The number of para-hydroxylation sites is 1. The Balaban J connectivity index is 2.50. The predicted molar refractivity (Wildman–Crippen MR) is 75.8 cm³/mol. The second-order valence-electron chi connectivity index (χ2n) is 4.94. The van der Waals surface area contributed by atoms with Crippen molar-refractivity contribution in [2.24, 2.45) is 0 Å². The summed E-state index contributed by atoms with van der Waals surface area (Å²) in [7, 11) is 0. The summed E-state index contributed by atoms with van der Waals surface area (Å²) in [6.45, 7) is 3.60. The van der Waals surface area contributed by atoms with Crippen molar-refractivity contribution >= 4 is 6.29 Å². The van der Waals surface area contributed by atoms with Gasteiger partial charge in [-0.15, -0.1) is 0 Å². The molecule has 1 aromatic carbocycles. The maximum Gasteiger partial charge on any atom is 0.433 e. The molecule has 0 amide bonds. The average Bonchev–Trinajstić information content (AvgIpc) is 2.46. The number of hydrogen-bond acceptors (Lipinski definition) is 3. The van der Waals surface area contributed by atoms with E-state index in [-0.39, 0.29) is 6.10 Å². The molecule has 0 N–H and O–H groups in total. The van der Waals surface area contributed by atoms with Gasteiger partial charge in [-0.05, 0) is 26.0 Å². The van der Waals surface area contributed by atoms with Gasteiger partial charge in [0.1, 0.15) is 11.4 Å². The van der Waals surface area contributed by atoms with E-state index in [1.807, 2.05) is 0 Å². The van der Waals surface area contributed by atoms with Gasteiger partial charge in [-0.25, -0.2) is 0 Å². The van der Waals surface area contributed by atoms with Crippen LogP contribution in [0.5, 0.6) is 5.75 Å². The number of alkyl halides is 3. The predicted octanol–water partition coefficient (Wildman–Crippen LogP) is 4.37. The zero-order valence-corrected chi connectivity index (χ0v) is 12.0. The highest BCUT2D eigenvalue weighted by Gasteiger charge is 2.32. The third-order valence-electron chi connectivity index (χ3n) is 2.89. The summed E-state index contributed by atoms with van der Waals surface area (Å²) in [5.41, 5.74) is 0.354. The van der Waals surface area contributed by atoms with Gasteiger partial charge in [-0.1, -0.05) is 18.2 Å². The minimum absolute atomic E-state index is 0.178. The molecule has 0 atom stereocenters. The Bertz CT molecular complexity index is 664. The molecule has 0 saturated carbocycles. The lowest BCUT2D eigenvalue weighted by Crippen LogP contribution is -2.09. The standard InChI is InChI=1S/C16H14F3NO2/c1-10(2)22-15-12(9-21)4-3-5-13(15)11-6-7-14(20-8-11)16(17,18)19/h3-10H,1-2H3. The summed E-state index contributed by atoms with van der Waals surface area (Å²) in [6.07, 6.45) is -2.89. The molecule has 0 aliphatic heterocycles. The summed E-state index contributed by atoms with van der Waals surface area (Å²) in [4.78, 5) is 14.6. The third kappa shape index (κ3) is 3.44. The van der Waals surface area contributed by atoms with Crippen LogP contribution < -0.4 is 4.74 Å². The molecule has 0 aliphatic carbocycles. The highest BCUT2D eigenvalue weighted by molar-refractivity contribution is 5.86. The van der Waals surface area contributed by atoms with Crippen LogP contribution in [0, 0.1) is 0 Å². The number of aldehydes is 1. The van der Waals surface area contributed by atoms with E-state index >= 15 is 0 Å². The molecule has 1 heterocycles. The lowest BCUT2D eigenvalue weighted by Gasteiger charge is -2.16. The number of aromatic nitrogens is 1. The second-order valence-corrected chi connectivity index (χ2v) is 4.94. The first kappa shape index (κ1) is 16.0. The molecule has 1 aromatic heterocycles. The van der Waals surface area contributed by atoms with Crippen molar-refractivity contribution in [1.29, 1.82) is 0 Å². The van der Waals surface area contributed by atoms with Gasteiger partial charge in [-0.3, -0.25) is 9.78 Å². The Hall–Kier alpha value is -2.37. The Morgan fingerprint density at radius 2 is 1.91 bits per heavy atom. The summed E-state index contributed by atoms with van der Waals surface area (Å²) in [6, 6.07) is 7.12. The quantitative estimate of drug-likeness (QED) is 0.787. The Labute approximate surface area is 125 Å². The van der Waals surface area contributed by atoms with Gasteiger partial charge in [0, 0.05) is 17.3 Å². The number of rotatable bonds is 4. The summed E-state index contributed by atoms with van der Waals surface area (Å²) >= 11 is 0. The van der Waals surface area contributed by atoms with E-state index in [2.05, 4.69) is 4.98 Å². The van der Waals surface area contributed by atoms with Crippen LogP contribution in [0.3, 0.4) is 0 Å².